The average Bonchev–Trinajstić information content (AvgIpc) is 3.06. The SMILES string of the molecule is C=CCn1c(SC(C)C(=O)Nc2ccccc2)nnc1-c1ccc(Cl)cc1. The van der Waals surface area contributed by atoms with Crippen molar-refractivity contribution in [1.29, 1.82) is 0 Å². The molecular formula is C20H19ClN4OS. The Hall–Kier alpha value is -2.57. The highest BCUT2D eigenvalue weighted by Crippen LogP contribution is 2.28. The number of carbonyl (C=O) groups is 1. The zero-order valence-corrected chi connectivity index (χ0v) is 16.4. The third kappa shape index (κ3) is 4.78. The highest BCUT2D eigenvalue weighted by atomic mass is 35.5. The van der Waals surface area contributed by atoms with Crippen LogP contribution in [0.15, 0.2) is 72.4 Å². The normalized spacial score (nSPS) is 11.8. The fourth-order valence-corrected chi connectivity index (χ4v) is 3.44. The number of rotatable bonds is 7. The number of aromatic nitrogens is 3. The number of nitrogens with one attached hydrogen (secondary N) is 1. The summed E-state index contributed by atoms with van der Waals surface area (Å²) in [6.07, 6.45) is 1.78. The number of anilines is 1. The summed E-state index contributed by atoms with van der Waals surface area (Å²) in [7, 11) is 0. The molecule has 1 aromatic heterocycles. The average molecular weight is 399 g/mol. The van der Waals surface area contributed by atoms with E-state index in [1.54, 1.807) is 6.08 Å². The first-order valence-corrected chi connectivity index (χ1v) is 9.67. The van der Waals surface area contributed by atoms with Gasteiger partial charge in [-0.1, -0.05) is 47.6 Å². The smallest absolute Gasteiger partial charge is 0.237 e. The lowest BCUT2D eigenvalue weighted by Crippen LogP contribution is -2.22. The lowest BCUT2D eigenvalue weighted by molar-refractivity contribution is -0.115. The van der Waals surface area contributed by atoms with Crippen LogP contribution >= 0.6 is 23.4 Å². The Morgan fingerprint density at radius 2 is 1.93 bits per heavy atom. The first-order chi connectivity index (χ1) is 13.1. The zero-order valence-electron chi connectivity index (χ0n) is 14.8. The van der Waals surface area contributed by atoms with E-state index >= 15 is 0 Å². The van der Waals surface area contributed by atoms with Gasteiger partial charge in [-0.05, 0) is 43.3 Å². The minimum absolute atomic E-state index is 0.0904. The van der Waals surface area contributed by atoms with Gasteiger partial charge >= 0.3 is 0 Å². The maximum atomic E-state index is 12.5. The minimum Gasteiger partial charge on any atom is -0.325 e. The molecule has 0 aliphatic rings. The predicted molar refractivity (Wildman–Crippen MR) is 111 cm³/mol. The number of halogens is 1. The molecule has 1 atom stereocenters. The zero-order chi connectivity index (χ0) is 19.2. The number of thioether (sulfide) groups is 1. The van der Waals surface area contributed by atoms with Crippen LogP contribution in [-0.4, -0.2) is 25.9 Å². The van der Waals surface area contributed by atoms with Gasteiger partial charge in [-0.3, -0.25) is 9.36 Å². The van der Waals surface area contributed by atoms with Gasteiger partial charge in [0, 0.05) is 22.8 Å². The number of hydrogen-bond donors (Lipinski definition) is 1. The van der Waals surface area contributed by atoms with Gasteiger partial charge in [-0.25, -0.2) is 0 Å². The summed E-state index contributed by atoms with van der Waals surface area (Å²) in [5.74, 6) is 0.622. The van der Waals surface area contributed by atoms with E-state index in [0.29, 0.717) is 22.5 Å². The second kappa shape index (κ2) is 8.88. The molecule has 0 saturated heterocycles. The van der Waals surface area contributed by atoms with Crippen LogP contribution in [0, 0.1) is 0 Å². The van der Waals surface area contributed by atoms with Gasteiger partial charge in [0.2, 0.25) is 5.91 Å². The molecule has 1 unspecified atom stereocenters. The lowest BCUT2D eigenvalue weighted by Gasteiger charge is -2.13. The fourth-order valence-electron chi connectivity index (χ4n) is 2.46. The van der Waals surface area contributed by atoms with Crippen LogP contribution in [0.2, 0.25) is 5.02 Å². The molecule has 1 heterocycles. The summed E-state index contributed by atoms with van der Waals surface area (Å²) in [5, 5.41) is 12.5. The van der Waals surface area contributed by atoms with Crippen LogP contribution in [0.1, 0.15) is 6.92 Å². The number of amides is 1. The molecule has 0 fully saturated rings. The number of carbonyl (C=O) groups excluding carboxylic acids is 1. The van der Waals surface area contributed by atoms with Crippen molar-refractivity contribution < 1.29 is 4.79 Å². The molecule has 0 spiro atoms. The van der Waals surface area contributed by atoms with Gasteiger partial charge < -0.3 is 5.32 Å². The van der Waals surface area contributed by atoms with Gasteiger partial charge in [-0.15, -0.1) is 16.8 Å². The Morgan fingerprint density at radius 3 is 2.59 bits per heavy atom. The molecule has 0 aliphatic heterocycles. The largest absolute Gasteiger partial charge is 0.325 e. The third-order valence-corrected chi connectivity index (χ3v) is 5.16. The van der Waals surface area contributed by atoms with E-state index in [1.807, 2.05) is 66.1 Å². The first-order valence-electron chi connectivity index (χ1n) is 8.41. The molecular weight excluding hydrogens is 380 g/mol. The van der Waals surface area contributed by atoms with Gasteiger partial charge in [-0.2, -0.15) is 0 Å². The quantitative estimate of drug-likeness (QED) is 0.454. The van der Waals surface area contributed by atoms with Crippen molar-refractivity contribution in [3.63, 3.8) is 0 Å². The van der Waals surface area contributed by atoms with Crippen LogP contribution in [0.3, 0.4) is 0 Å². The van der Waals surface area contributed by atoms with E-state index in [2.05, 4.69) is 22.1 Å². The molecule has 138 valence electrons. The Bertz CT molecular complexity index is 925. The molecule has 0 radical (unpaired) electrons. The number of benzene rings is 2. The summed E-state index contributed by atoms with van der Waals surface area (Å²) >= 11 is 7.33. The van der Waals surface area contributed by atoms with Crippen molar-refractivity contribution in [2.75, 3.05) is 5.32 Å². The topological polar surface area (TPSA) is 59.8 Å². The summed E-state index contributed by atoms with van der Waals surface area (Å²) in [5.41, 5.74) is 1.67. The number of allylic oxidation sites excluding steroid dienone is 1. The monoisotopic (exact) mass is 398 g/mol. The molecule has 27 heavy (non-hydrogen) atoms. The van der Waals surface area contributed by atoms with E-state index in [1.165, 1.54) is 11.8 Å². The van der Waals surface area contributed by atoms with Gasteiger partial charge in [0.15, 0.2) is 11.0 Å². The first kappa shape index (κ1) is 19.2. The highest BCUT2D eigenvalue weighted by molar-refractivity contribution is 8.00. The van der Waals surface area contributed by atoms with Crippen molar-refractivity contribution in [2.45, 2.75) is 23.9 Å². The second-order valence-corrected chi connectivity index (χ2v) is 7.57. The Balaban J connectivity index is 1.78. The molecule has 7 heteroatoms. The summed E-state index contributed by atoms with van der Waals surface area (Å²) in [6, 6.07) is 16.8. The van der Waals surface area contributed by atoms with Gasteiger partial charge in [0.25, 0.3) is 0 Å². The molecule has 3 aromatic rings. The van der Waals surface area contributed by atoms with Crippen molar-refractivity contribution in [2.24, 2.45) is 0 Å². The van der Waals surface area contributed by atoms with E-state index in [-0.39, 0.29) is 11.2 Å². The standard InChI is InChI=1S/C20H19ClN4OS/c1-3-13-25-18(15-9-11-16(21)12-10-15)23-24-20(25)27-14(2)19(26)22-17-7-5-4-6-8-17/h3-12,14H,1,13H2,2H3,(H,22,26). The maximum absolute atomic E-state index is 12.5. The third-order valence-electron chi connectivity index (χ3n) is 3.82. The molecule has 0 saturated carbocycles. The van der Waals surface area contributed by atoms with Crippen LogP contribution in [0.4, 0.5) is 5.69 Å². The molecule has 2 aromatic carbocycles. The van der Waals surface area contributed by atoms with Crippen LogP contribution in [0.5, 0.6) is 0 Å². The van der Waals surface area contributed by atoms with E-state index in [4.69, 9.17) is 11.6 Å². The van der Waals surface area contributed by atoms with Crippen molar-refractivity contribution in [3.8, 4) is 11.4 Å². The molecule has 0 aliphatic carbocycles. The molecule has 5 nitrogen and oxygen atoms in total. The Morgan fingerprint density at radius 1 is 1.22 bits per heavy atom. The van der Waals surface area contributed by atoms with E-state index in [0.717, 1.165) is 11.3 Å². The highest BCUT2D eigenvalue weighted by Gasteiger charge is 2.20. The van der Waals surface area contributed by atoms with E-state index in [9.17, 15) is 4.79 Å². The summed E-state index contributed by atoms with van der Waals surface area (Å²) < 4.78 is 1.94. The molecule has 1 N–H and O–H groups in total. The van der Waals surface area contributed by atoms with Crippen molar-refractivity contribution in [3.05, 3.63) is 72.3 Å². The van der Waals surface area contributed by atoms with Crippen molar-refractivity contribution in [1.82, 2.24) is 14.8 Å². The number of hydrogen-bond acceptors (Lipinski definition) is 4. The number of nitrogens with zero attached hydrogens (tertiary/aromatic N) is 3. The van der Waals surface area contributed by atoms with E-state index < -0.39 is 0 Å². The second-order valence-electron chi connectivity index (χ2n) is 5.83. The minimum atomic E-state index is -0.337. The predicted octanol–water partition coefficient (Wildman–Crippen LogP) is 4.90. The maximum Gasteiger partial charge on any atom is 0.237 e. The Labute approximate surface area is 167 Å². The lowest BCUT2D eigenvalue weighted by atomic mass is 10.2. The van der Waals surface area contributed by atoms with Crippen LogP contribution in [-0.2, 0) is 11.3 Å². The van der Waals surface area contributed by atoms with Crippen LogP contribution in [0.25, 0.3) is 11.4 Å². The van der Waals surface area contributed by atoms with Gasteiger partial charge in [0.05, 0.1) is 5.25 Å². The van der Waals surface area contributed by atoms with Gasteiger partial charge in [0.1, 0.15) is 0 Å². The fraction of sp³-hybridized carbons (Fsp3) is 0.150. The summed E-state index contributed by atoms with van der Waals surface area (Å²) in [6.45, 7) is 6.20. The molecule has 3 rings (SSSR count). The van der Waals surface area contributed by atoms with Crippen LogP contribution < -0.4 is 5.32 Å². The summed E-state index contributed by atoms with van der Waals surface area (Å²) in [4.78, 5) is 12.5. The number of para-hydroxylation sites is 1. The molecule has 0 bridgehead atoms. The van der Waals surface area contributed by atoms with Crippen molar-refractivity contribution >= 4 is 35.0 Å². The Kier molecular flexibility index (Phi) is 6.32. The molecule has 1 amide bonds.